The fourth-order valence-electron chi connectivity index (χ4n) is 9.97. The van der Waals surface area contributed by atoms with Gasteiger partial charge < -0.3 is 9.32 Å². The summed E-state index contributed by atoms with van der Waals surface area (Å²) in [5, 5.41) is 6.93. The number of hydrogen-bond acceptors (Lipinski definition) is 2. The third-order valence-corrected chi connectivity index (χ3v) is 12.5. The van der Waals surface area contributed by atoms with Gasteiger partial charge in [0, 0.05) is 32.8 Å². The molecule has 0 bridgehead atoms. The molecule has 11 aromatic rings. The summed E-state index contributed by atoms with van der Waals surface area (Å²) in [4.78, 5) is 2.48. The molecule has 0 unspecified atom stereocenters. The molecule has 59 heavy (non-hydrogen) atoms. The lowest BCUT2D eigenvalue weighted by atomic mass is 9.67. The molecule has 1 aromatic heterocycles. The normalized spacial score (nSPS) is 12.9. The van der Waals surface area contributed by atoms with E-state index in [1.165, 1.54) is 44.2 Å². The van der Waals surface area contributed by atoms with Crippen LogP contribution >= 0.6 is 0 Å². The summed E-state index contributed by atoms with van der Waals surface area (Å²) in [6, 6.07) is 82.0. The minimum Gasteiger partial charge on any atom is -0.455 e. The van der Waals surface area contributed by atoms with Gasteiger partial charge in [0.25, 0.3) is 0 Å². The van der Waals surface area contributed by atoms with Crippen molar-refractivity contribution < 1.29 is 4.42 Å². The number of anilines is 3. The van der Waals surface area contributed by atoms with Crippen molar-refractivity contribution in [2.75, 3.05) is 4.90 Å². The largest absolute Gasteiger partial charge is 0.455 e. The van der Waals surface area contributed by atoms with Gasteiger partial charge in [-0.3, -0.25) is 0 Å². The molecule has 276 valence electrons. The molecule has 2 heteroatoms. The molecule has 0 aliphatic heterocycles. The third kappa shape index (κ3) is 5.00. The molecular weight excluding hydrogens is 715 g/mol. The van der Waals surface area contributed by atoms with Crippen molar-refractivity contribution in [3.8, 4) is 22.3 Å². The SMILES string of the molecule is c1ccc(C2(c3ccccc3)c3ccccc3-c3ccc(N(c4ccccc4-c4ccc5c(ccc6c7ccccc7oc56)c4)c4cccc5ccccc45)cc32)cc1. The molecule has 0 radical (unpaired) electrons. The molecule has 0 amide bonds. The van der Waals surface area contributed by atoms with Crippen LogP contribution in [0.2, 0.25) is 0 Å². The van der Waals surface area contributed by atoms with E-state index in [2.05, 4.69) is 223 Å². The van der Waals surface area contributed by atoms with E-state index in [1.54, 1.807) is 0 Å². The fraction of sp³-hybridized carbons (Fsp3) is 0.0175. The van der Waals surface area contributed by atoms with E-state index in [4.69, 9.17) is 4.42 Å². The second kappa shape index (κ2) is 13.2. The number of rotatable bonds is 6. The summed E-state index contributed by atoms with van der Waals surface area (Å²) in [7, 11) is 0. The predicted molar refractivity (Wildman–Crippen MR) is 246 cm³/mol. The summed E-state index contributed by atoms with van der Waals surface area (Å²) in [5.74, 6) is 0. The molecule has 1 heterocycles. The number of fused-ring (bicyclic) bond motifs is 9. The van der Waals surface area contributed by atoms with Crippen molar-refractivity contribution in [2.45, 2.75) is 5.41 Å². The van der Waals surface area contributed by atoms with Gasteiger partial charge in [0.05, 0.1) is 16.8 Å². The maximum Gasteiger partial charge on any atom is 0.143 e. The van der Waals surface area contributed by atoms with Crippen LogP contribution in [-0.2, 0) is 5.41 Å². The highest BCUT2D eigenvalue weighted by molar-refractivity contribution is 6.15. The van der Waals surface area contributed by atoms with Crippen LogP contribution in [0, 0.1) is 0 Å². The van der Waals surface area contributed by atoms with E-state index in [1.807, 2.05) is 6.07 Å². The van der Waals surface area contributed by atoms with E-state index in [0.29, 0.717) is 0 Å². The lowest BCUT2D eigenvalue weighted by molar-refractivity contribution is 0.672. The van der Waals surface area contributed by atoms with Gasteiger partial charge in [-0.05, 0) is 98.2 Å². The van der Waals surface area contributed by atoms with E-state index in [9.17, 15) is 0 Å². The van der Waals surface area contributed by atoms with Gasteiger partial charge in [-0.2, -0.15) is 0 Å². The first-order chi connectivity index (χ1) is 29.3. The summed E-state index contributed by atoms with van der Waals surface area (Å²) >= 11 is 0. The molecule has 0 atom stereocenters. The Hall–Kier alpha value is -7.68. The summed E-state index contributed by atoms with van der Waals surface area (Å²) in [6.07, 6.45) is 0. The first-order valence-electron chi connectivity index (χ1n) is 20.3. The van der Waals surface area contributed by atoms with Crippen molar-refractivity contribution >= 4 is 60.5 Å². The molecule has 0 saturated carbocycles. The Labute approximate surface area is 342 Å². The van der Waals surface area contributed by atoms with Crippen LogP contribution in [0.3, 0.4) is 0 Å². The quantitative estimate of drug-likeness (QED) is 0.168. The van der Waals surface area contributed by atoms with Crippen molar-refractivity contribution in [3.05, 3.63) is 247 Å². The topological polar surface area (TPSA) is 16.4 Å². The van der Waals surface area contributed by atoms with Crippen LogP contribution in [0.25, 0.3) is 65.7 Å². The van der Waals surface area contributed by atoms with E-state index < -0.39 is 5.41 Å². The molecule has 0 fully saturated rings. The molecule has 1 aliphatic rings. The Kier molecular flexibility index (Phi) is 7.48. The van der Waals surface area contributed by atoms with Crippen LogP contribution in [0.1, 0.15) is 22.3 Å². The fourth-order valence-corrected chi connectivity index (χ4v) is 9.97. The molecular formula is C57H37NO. The average Bonchev–Trinajstić information content (AvgIpc) is 3.84. The number of hydrogen-bond donors (Lipinski definition) is 0. The molecule has 1 aliphatic carbocycles. The Balaban J connectivity index is 1.11. The standard InChI is InChI=1S/C57H37NO/c1-3-18-41(19-4-1)57(42-20-5-2-6-21-42)51-26-12-9-24-47(51)48-35-32-43(37-52(48)57)58(54-28-15-17-38-16-7-8-22-44(38)54)53-27-13-10-23-45(53)39-30-33-46-40(36-39)31-34-50-49-25-11-14-29-55(49)59-56(46)50/h1-37H. The summed E-state index contributed by atoms with van der Waals surface area (Å²) in [6.45, 7) is 0. The molecule has 12 rings (SSSR count). The molecule has 0 spiro atoms. The molecule has 0 saturated heterocycles. The zero-order valence-corrected chi connectivity index (χ0v) is 32.2. The van der Waals surface area contributed by atoms with Gasteiger partial charge in [-0.25, -0.2) is 0 Å². The predicted octanol–water partition coefficient (Wildman–Crippen LogP) is 15.4. The Bertz CT molecular complexity index is 3350. The van der Waals surface area contributed by atoms with Crippen LogP contribution in [0.4, 0.5) is 17.1 Å². The highest BCUT2D eigenvalue weighted by Gasteiger charge is 2.46. The molecule has 2 nitrogen and oxygen atoms in total. The zero-order valence-electron chi connectivity index (χ0n) is 32.2. The maximum atomic E-state index is 6.46. The van der Waals surface area contributed by atoms with E-state index in [-0.39, 0.29) is 0 Å². The number of nitrogens with zero attached hydrogens (tertiary/aromatic N) is 1. The molecule has 0 N–H and O–H groups in total. The lowest BCUT2D eigenvalue weighted by Crippen LogP contribution is -2.28. The Morgan fingerprint density at radius 1 is 0.356 bits per heavy atom. The second-order valence-electron chi connectivity index (χ2n) is 15.6. The van der Waals surface area contributed by atoms with Gasteiger partial charge in [-0.1, -0.05) is 176 Å². The van der Waals surface area contributed by atoms with Crippen molar-refractivity contribution in [1.82, 2.24) is 0 Å². The van der Waals surface area contributed by atoms with Gasteiger partial charge in [0.2, 0.25) is 0 Å². The first-order valence-corrected chi connectivity index (χ1v) is 20.3. The highest BCUT2D eigenvalue weighted by Crippen LogP contribution is 2.57. The maximum absolute atomic E-state index is 6.46. The summed E-state index contributed by atoms with van der Waals surface area (Å²) in [5.41, 5.74) is 14.6. The Morgan fingerprint density at radius 3 is 1.81 bits per heavy atom. The van der Waals surface area contributed by atoms with Gasteiger partial charge >= 0.3 is 0 Å². The third-order valence-electron chi connectivity index (χ3n) is 12.5. The van der Waals surface area contributed by atoms with Crippen molar-refractivity contribution in [3.63, 3.8) is 0 Å². The number of benzene rings is 10. The molecule has 10 aromatic carbocycles. The van der Waals surface area contributed by atoms with Crippen molar-refractivity contribution in [2.24, 2.45) is 0 Å². The Morgan fingerprint density at radius 2 is 0.983 bits per heavy atom. The monoisotopic (exact) mass is 751 g/mol. The van der Waals surface area contributed by atoms with Crippen LogP contribution < -0.4 is 4.90 Å². The van der Waals surface area contributed by atoms with E-state index >= 15 is 0 Å². The second-order valence-corrected chi connectivity index (χ2v) is 15.6. The number of furan rings is 1. The zero-order chi connectivity index (χ0) is 38.9. The van der Waals surface area contributed by atoms with Crippen molar-refractivity contribution in [1.29, 1.82) is 0 Å². The van der Waals surface area contributed by atoms with E-state index in [0.717, 1.165) is 60.9 Å². The summed E-state index contributed by atoms with van der Waals surface area (Å²) < 4.78 is 6.46. The lowest BCUT2D eigenvalue weighted by Gasteiger charge is -2.35. The minimum absolute atomic E-state index is 0.519. The first kappa shape index (κ1) is 33.5. The van der Waals surface area contributed by atoms with Gasteiger partial charge in [0.1, 0.15) is 11.2 Å². The smallest absolute Gasteiger partial charge is 0.143 e. The van der Waals surface area contributed by atoms with Gasteiger partial charge in [-0.15, -0.1) is 0 Å². The number of para-hydroxylation sites is 2. The van der Waals surface area contributed by atoms with Crippen LogP contribution in [-0.4, -0.2) is 0 Å². The van der Waals surface area contributed by atoms with Crippen LogP contribution in [0.15, 0.2) is 229 Å². The average molecular weight is 752 g/mol. The minimum atomic E-state index is -0.519. The van der Waals surface area contributed by atoms with Crippen LogP contribution in [0.5, 0.6) is 0 Å². The van der Waals surface area contributed by atoms with Gasteiger partial charge in [0.15, 0.2) is 0 Å². The highest BCUT2D eigenvalue weighted by atomic mass is 16.3.